The van der Waals surface area contributed by atoms with Crippen LogP contribution in [0.3, 0.4) is 0 Å². The number of hydrogen-bond acceptors (Lipinski definition) is 6. The molecule has 2 atom stereocenters. The first kappa shape index (κ1) is 15.8. The van der Waals surface area contributed by atoms with Crippen LogP contribution in [0.2, 0.25) is 0 Å². The molecule has 130 valence electrons. The lowest BCUT2D eigenvalue weighted by atomic mass is 10.1. The van der Waals surface area contributed by atoms with Gasteiger partial charge in [-0.3, -0.25) is 8.97 Å². The van der Waals surface area contributed by atoms with Crippen molar-refractivity contribution in [1.29, 1.82) is 0 Å². The number of fused-ring (bicyclic) bond motifs is 1. The van der Waals surface area contributed by atoms with Crippen molar-refractivity contribution in [3.05, 3.63) is 58.4 Å². The van der Waals surface area contributed by atoms with Crippen molar-refractivity contribution in [2.45, 2.75) is 25.2 Å². The summed E-state index contributed by atoms with van der Waals surface area (Å²) < 4.78 is 8.69. The van der Waals surface area contributed by atoms with E-state index < -0.39 is 0 Å². The lowest BCUT2D eigenvalue weighted by molar-refractivity contribution is -0.0247. The third-order valence-electron chi connectivity index (χ3n) is 4.44. The maximum absolute atomic E-state index is 12.7. The Kier molecular flexibility index (Phi) is 4.00. The molecule has 2 aromatic heterocycles. The van der Waals surface area contributed by atoms with Gasteiger partial charge in [0.25, 0.3) is 0 Å². The summed E-state index contributed by atoms with van der Waals surface area (Å²) in [6, 6.07) is 8.62. The number of aliphatic hydroxyl groups excluding tert-OH is 1. The molecule has 0 spiro atoms. The largest absolute Gasteiger partial charge is 0.761 e. The summed E-state index contributed by atoms with van der Waals surface area (Å²) in [4.78, 5) is 17.2. The van der Waals surface area contributed by atoms with Gasteiger partial charge in [-0.1, -0.05) is 12.1 Å². The number of benzene rings is 1. The third-order valence-corrected chi connectivity index (χ3v) is 4.44. The summed E-state index contributed by atoms with van der Waals surface area (Å²) in [5.41, 5.74) is 4.05. The summed E-state index contributed by atoms with van der Waals surface area (Å²) in [5.74, 6) is 0. The molecule has 1 aliphatic rings. The lowest BCUT2D eigenvalue weighted by Gasteiger charge is -2.14. The van der Waals surface area contributed by atoms with Gasteiger partial charge in [-0.05, 0) is 31.0 Å². The molecule has 1 aromatic carbocycles. The molecule has 3 heterocycles. The summed E-state index contributed by atoms with van der Waals surface area (Å²) in [6.07, 6.45) is 4.15. The van der Waals surface area contributed by atoms with Gasteiger partial charge in [-0.15, -0.1) is 0 Å². The molecule has 1 aliphatic heterocycles. The van der Waals surface area contributed by atoms with Gasteiger partial charge < -0.3 is 20.5 Å². The molecule has 1 saturated heterocycles. The summed E-state index contributed by atoms with van der Waals surface area (Å²) in [5, 5.41) is 19.8. The van der Waals surface area contributed by atoms with Crippen LogP contribution in [0.1, 0.15) is 19.1 Å². The molecule has 0 radical (unpaired) electrons. The Labute approximate surface area is 142 Å². The smallest absolute Gasteiger partial charge is 0.336 e. The van der Waals surface area contributed by atoms with Crippen LogP contribution in [0.15, 0.2) is 47.5 Å². The predicted molar refractivity (Wildman–Crippen MR) is 92.1 cm³/mol. The average molecular weight is 341 g/mol. The fourth-order valence-corrected chi connectivity index (χ4v) is 3.09. The van der Waals surface area contributed by atoms with Crippen molar-refractivity contribution in [2.24, 2.45) is 0 Å². The molecule has 1 fully saturated rings. The van der Waals surface area contributed by atoms with Crippen molar-refractivity contribution >= 4 is 11.3 Å². The summed E-state index contributed by atoms with van der Waals surface area (Å²) in [7, 11) is 0. The topological polar surface area (TPSA) is 104 Å². The van der Waals surface area contributed by atoms with Gasteiger partial charge in [0.15, 0.2) is 0 Å². The van der Waals surface area contributed by atoms with Gasteiger partial charge in [0.1, 0.15) is 11.9 Å². The van der Waals surface area contributed by atoms with Crippen LogP contribution >= 0.6 is 0 Å². The number of hydrogen-bond donors (Lipinski definition) is 2. The van der Waals surface area contributed by atoms with E-state index in [2.05, 4.69) is 4.98 Å². The molecule has 0 unspecified atom stereocenters. The SMILES string of the molecule is O=c1n([C@@H]2CC[C@H](CO)O2)ccc2nc(-c3ccc(N[O-])cc3)cn12. The Bertz CT molecular complexity index is 947. The standard InChI is InChI=1S/C17H17N4O4/c22-10-13-5-6-16(25-13)20-8-7-15-18-14(9-21(15)17(20)23)11-1-3-12(19-24)4-2-11/h1-4,7-9,13,16,19,22H,5-6,10H2/q-1/t13-,16+/m1/s1. The van der Waals surface area contributed by atoms with E-state index in [0.29, 0.717) is 23.4 Å². The van der Waals surface area contributed by atoms with Crippen molar-refractivity contribution in [3.8, 4) is 11.3 Å². The minimum absolute atomic E-state index is 0.0447. The number of anilines is 1. The van der Waals surface area contributed by atoms with Crippen LogP contribution in [-0.2, 0) is 4.74 Å². The van der Waals surface area contributed by atoms with Crippen LogP contribution in [0.5, 0.6) is 0 Å². The Morgan fingerprint density at radius 2 is 2.08 bits per heavy atom. The Hall–Kier alpha value is -2.68. The maximum Gasteiger partial charge on any atom is 0.336 e. The first-order valence-corrected chi connectivity index (χ1v) is 8.05. The van der Waals surface area contributed by atoms with Crippen LogP contribution in [0.4, 0.5) is 5.69 Å². The molecule has 8 nitrogen and oxygen atoms in total. The van der Waals surface area contributed by atoms with Crippen molar-refractivity contribution in [1.82, 2.24) is 14.0 Å². The van der Waals surface area contributed by atoms with E-state index >= 15 is 0 Å². The zero-order valence-electron chi connectivity index (χ0n) is 13.3. The van der Waals surface area contributed by atoms with E-state index in [1.54, 1.807) is 42.7 Å². The minimum Gasteiger partial charge on any atom is -0.761 e. The fraction of sp³-hybridized carbons (Fsp3) is 0.294. The van der Waals surface area contributed by atoms with E-state index in [1.807, 2.05) is 5.48 Å². The highest BCUT2D eigenvalue weighted by Crippen LogP contribution is 2.27. The zero-order valence-corrected chi connectivity index (χ0v) is 13.3. The first-order valence-electron chi connectivity index (χ1n) is 8.05. The van der Waals surface area contributed by atoms with Gasteiger partial charge in [0.05, 0.1) is 18.4 Å². The Morgan fingerprint density at radius 3 is 2.76 bits per heavy atom. The quantitative estimate of drug-likeness (QED) is 0.701. The highest BCUT2D eigenvalue weighted by atomic mass is 16.5. The molecule has 8 heteroatoms. The number of nitrogens with one attached hydrogen (secondary N) is 1. The third kappa shape index (κ3) is 2.80. The molecular weight excluding hydrogens is 324 g/mol. The van der Waals surface area contributed by atoms with Crippen LogP contribution in [0, 0.1) is 5.21 Å². The molecule has 0 saturated carbocycles. The Balaban J connectivity index is 1.71. The zero-order chi connectivity index (χ0) is 17.4. The highest BCUT2D eigenvalue weighted by molar-refractivity contribution is 5.65. The molecule has 25 heavy (non-hydrogen) atoms. The number of nitrogens with zero attached hydrogens (tertiary/aromatic N) is 3. The van der Waals surface area contributed by atoms with Crippen molar-refractivity contribution in [3.63, 3.8) is 0 Å². The minimum atomic E-state index is -0.373. The van der Waals surface area contributed by atoms with Crippen molar-refractivity contribution < 1.29 is 9.84 Å². The number of aromatic nitrogens is 3. The van der Waals surface area contributed by atoms with Gasteiger partial charge >= 0.3 is 5.69 Å². The Morgan fingerprint density at radius 1 is 1.28 bits per heavy atom. The highest BCUT2D eigenvalue weighted by Gasteiger charge is 2.27. The molecule has 0 bridgehead atoms. The monoisotopic (exact) mass is 341 g/mol. The van der Waals surface area contributed by atoms with Gasteiger partial charge in [0.2, 0.25) is 0 Å². The van der Waals surface area contributed by atoms with Crippen LogP contribution in [-0.4, -0.2) is 31.8 Å². The van der Waals surface area contributed by atoms with E-state index in [0.717, 1.165) is 12.0 Å². The first-order chi connectivity index (χ1) is 12.2. The fourth-order valence-electron chi connectivity index (χ4n) is 3.09. The normalized spacial score (nSPS) is 20.2. The molecule has 3 aromatic rings. The second-order valence-corrected chi connectivity index (χ2v) is 6.01. The van der Waals surface area contributed by atoms with Crippen molar-refractivity contribution in [2.75, 3.05) is 12.1 Å². The molecule has 0 aliphatic carbocycles. The predicted octanol–water partition coefficient (Wildman–Crippen LogP) is 1.74. The average Bonchev–Trinajstić information content (AvgIpc) is 3.29. The number of ether oxygens (including phenoxy) is 1. The second-order valence-electron chi connectivity index (χ2n) is 6.01. The molecule has 4 rings (SSSR count). The summed E-state index contributed by atoms with van der Waals surface area (Å²) in [6.45, 7) is -0.0447. The van der Waals surface area contributed by atoms with Gasteiger partial charge in [-0.25, -0.2) is 9.78 Å². The van der Waals surface area contributed by atoms with Gasteiger partial charge in [-0.2, -0.15) is 0 Å². The number of imidazole rings is 1. The number of aliphatic hydroxyl groups is 1. The van der Waals surface area contributed by atoms with E-state index in [9.17, 15) is 15.1 Å². The van der Waals surface area contributed by atoms with Crippen LogP contribution < -0.4 is 11.2 Å². The second kappa shape index (κ2) is 6.32. The number of rotatable bonds is 4. The van der Waals surface area contributed by atoms with E-state index in [1.165, 1.54) is 8.97 Å². The molecule has 2 N–H and O–H groups in total. The van der Waals surface area contributed by atoms with Gasteiger partial charge in [0, 0.05) is 23.6 Å². The maximum atomic E-state index is 12.7. The molecule has 0 amide bonds. The van der Waals surface area contributed by atoms with Crippen LogP contribution in [0.25, 0.3) is 16.9 Å². The lowest BCUT2D eigenvalue weighted by Crippen LogP contribution is -2.29. The summed E-state index contributed by atoms with van der Waals surface area (Å²) >= 11 is 0. The van der Waals surface area contributed by atoms with E-state index in [-0.39, 0.29) is 24.6 Å². The van der Waals surface area contributed by atoms with E-state index in [4.69, 9.17) is 4.74 Å². The molecular formula is C17H17N4O4-.